The Morgan fingerprint density at radius 3 is 2.33 bits per heavy atom. The van der Waals surface area contributed by atoms with E-state index >= 15 is 0 Å². The number of carbonyl (C=O) groups excluding carboxylic acids is 2. The summed E-state index contributed by atoms with van der Waals surface area (Å²) in [5.41, 5.74) is 1.89. The molecule has 1 aromatic heterocycles. The molecule has 0 radical (unpaired) electrons. The highest BCUT2D eigenvalue weighted by Gasteiger charge is 2.37. The van der Waals surface area contributed by atoms with Gasteiger partial charge in [-0.15, -0.1) is 5.10 Å². The highest BCUT2D eigenvalue weighted by atomic mass is 16.6. The van der Waals surface area contributed by atoms with Gasteiger partial charge in [-0.3, -0.25) is 0 Å². The molecule has 4 rings (SSSR count). The number of fused-ring (bicyclic) bond motifs is 1. The molecule has 0 N–H and O–H groups in total. The second kappa shape index (κ2) is 4.41. The van der Waals surface area contributed by atoms with Crippen molar-refractivity contribution in [1.82, 2.24) is 15.0 Å². The maximum Gasteiger partial charge on any atom is 0.369 e. The summed E-state index contributed by atoms with van der Waals surface area (Å²) in [6.07, 6.45) is 2.43. The van der Waals surface area contributed by atoms with Gasteiger partial charge in [0.05, 0.1) is 5.69 Å². The molecule has 7 heteroatoms. The van der Waals surface area contributed by atoms with Crippen molar-refractivity contribution in [2.45, 2.75) is 12.8 Å². The van der Waals surface area contributed by atoms with Crippen LogP contribution in [0.4, 0.5) is 5.69 Å². The van der Waals surface area contributed by atoms with Crippen molar-refractivity contribution in [3.63, 3.8) is 0 Å². The Morgan fingerprint density at radius 1 is 0.952 bits per heavy atom. The third-order valence-electron chi connectivity index (χ3n) is 3.81. The van der Waals surface area contributed by atoms with Crippen molar-refractivity contribution in [3.05, 3.63) is 35.7 Å². The summed E-state index contributed by atoms with van der Waals surface area (Å²) in [4.78, 5) is 25.4. The standard InChI is InChI=1S/C14H12N4O3/c19-13-11-12(14(20)21-13)18(16-15-11)10-5-3-9(4-6-10)17-7-1-2-8-17/h3-6H,1-2,7-8H2. The number of ether oxygens (including phenoxy) is 1. The van der Waals surface area contributed by atoms with E-state index in [0.29, 0.717) is 5.69 Å². The maximum absolute atomic E-state index is 11.7. The molecule has 0 saturated carbocycles. The molecule has 21 heavy (non-hydrogen) atoms. The Labute approximate surface area is 120 Å². The molecular formula is C14H12N4O3. The minimum atomic E-state index is -0.741. The summed E-state index contributed by atoms with van der Waals surface area (Å²) in [6.45, 7) is 2.14. The van der Waals surface area contributed by atoms with Gasteiger partial charge in [0.1, 0.15) is 0 Å². The van der Waals surface area contributed by atoms with Crippen LogP contribution in [0, 0.1) is 0 Å². The molecule has 1 aromatic carbocycles. The number of esters is 2. The quantitative estimate of drug-likeness (QED) is 0.608. The fourth-order valence-electron chi connectivity index (χ4n) is 2.74. The van der Waals surface area contributed by atoms with E-state index in [-0.39, 0.29) is 11.4 Å². The van der Waals surface area contributed by atoms with Crippen molar-refractivity contribution >= 4 is 17.6 Å². The zero-order valence-corrected chi connectivity index (χ0v) is 11.2. The van der Waals surface area contributed by atoms with Crippen molar-refractivity contribution in [2.24, 2.45) is 0 Å². The zero-order valence-electron chi connectivity index (χ0n) is 11.2. The van der Waals surface area contributed by atoms with E-state index in [9.17, 15) is 9.59 Å². The maximum atomic E-state index is 11.7. The fourth-order valence-corrected chi connectivity index (χ4v) is 2.74. The summed E-state index contributed by atoms with van der Waals surface area (Å²) >= 11 is 0. The first-order chi connectivity index (χ1) is 10.2. The minimum Gasteiger partial charge on any atom is -0.383 e. The van der Waals surface area contributed by atoms with Crippen LogP contribution in [-0.2, 0) is 4.74 Å². The predicted molar refractivity (Wildman–Crippen MR) is 72.6 cm³/mol. The van der Waals surface area contributed by atoms with Crippen LogP contribution in [0.3, 0.4) is 0 Å². The molecular weight excluding hydrogens is 272 g/mol. The van der Waals surface area contributed by atoms with E-state index in [4.69, 9.17) is 0 Å². The van der Waals surface area contributed by atoms with Gasteiger partial charge in [0.15, 0.2) is 5.69 Å². The highest BCUT2D eigenvalue weighted by molar-refractivity contribution is 6.12. The molecule has 0 amide bonds. The third kappa shape index (κ3) is 1.81. The van der Waals surface area contributed by atoms with Gasteiger partial charge in [-0.25, -0.2) is 14.3 Å². The first-order valence-corrected chi connectivity index (χ1v) is 6.81. The Morgan fingerprint density at radius 2 is 1.62 bits per heavy atom. The number of cyclic esters (lactones) is 2. The molecule has 2 aliphatic heterocycles. The Hall–Kier alpha value is -2.70. The highest BCUT2D eigenvalue weighted by Crippen LogP contribution is 2.24. The number of hydrogen-bond acceptors (Lipinski definition) is 6. The van der Waals surface area contributed by atoms with Gasteiger partial charge < -0.3 is 9.64 Å². The van der Waals surface area contributed by atoms with Gasteiger partial charge in [0, 0.05) is 18.8 Å². The van der Waals surface area contributed by atoms with Crippen LogP contribution in [0.15, 0.2) is 24.3 Å². The van der Waals surface area contributed by atoms with Crippen LogP contribution < -0.4 is 4.90 Å². The van der Waals surface area contributed by atoms with E-state index in [2.05, 4.69) is 19.9 Å². The van der Waals surface area contributed by atoms with E-state index in [0.717, 1.165) is 18.8 Å². The van der Waals surface area contributed by atoms with E-state index in [1.165, 1.54) is 17.5 Å². The monoisotopic (exact) mass is 284 g/mol. The van der Waals surface area contributed by atoms with Crippen LogP contribution in [0.2, 0.25) is 0 Å². The molecule has 2 aromatic rings. The van der Waals surface area contributed by atoms with Crippen molar-refractivity contribution in [1.29, 1.82) is 0 Å². The summed E-state index contributed by atoms with van der Waals surface area (Å²) in [7, 11) is 0. The largest absolute Gasteiger partial charge is 0.383 e. The molecule has 2 aliphatic rings. The average Bonchev–Trinajstić information content (AvgIpc) is 3.20. The molecule has 106 valence electrons. The van der Waals surface area contributed by atoms with E-state index in [1.54, 1.807) is 0 Å². The molecule has 3 heterocycles. The Kier molecular flexibility index (Phi) is 2.53. The topological polar surface area (TPSA) is 77.3 Å². The van der Waals surface area contributed by atoms with Crippen LogP contribution in [0.25, 0.3) is 5.69 Å². The second-order valence-electron chi connectivity index (χ2n) is 5.09. The molecule has 0 aliphatic carbocycles. The molecule has 7 nitrogen and oxygen atoms in total. The number of carbonyl (C=O) groups is 2. The lowest BCUT2D eigenvalue weighted by atomic mass is 10.2. The van der Waals surface area contributed by atoms with Crippen molar-refractivity contribution in [3.8, 4) is 5.69 Å². The van der Waals surface area contributed by atoms with Crippen LogP contribution in [0.5, 0.6) is 0 Å². The number of anilines is 1. The molecule has 0 atom stereocenters. The molecule has 1 saturated heterocycles. The summed E-state index contributed by atoms with van der Waals surface area (Å²) in [5, 5.41) is 7.58. The van der Waals surface area contributed by atoms with Gasteiger partial charge in [-0.05, 0) is 37.1 Å². The molecule has 0 unspecified atom stereocenters. The van der Waals surface area contributed by atoms with Gasteiger partial charge >= 0.3 is 11.9 Å². The van der Waals surface area contributed by atoms with E-state index < -0.39 is 11.9 Å². The third-order valence-corrected chi connectivity index (χ3v) is 3.81. The minimum absolute atomic E-state index is 0.0244. The van der Waals surface area contributed by atoms with Gasteiger partial charge in [0.25, 0.3) is 0 Å². The van der Waals surface area contributed by atoms with Crippen LogP contribution >= 0.6 is 0 Å². The van der Waals surface area contributed by atoms with Crippen molar-refractivity contribution < 1.29 is 14.3 Å². The second-order valence-corrected chi connectivity index (χ2v) is 5.09. The smallest absolute Gasteiger partial charge is 0.369 e. The lowest BCUT2D eigenvalue weighted by molar-refractivity contribution is 0.0434. The molecule has 0 spiro atoms. The summed E-state index contributed by atoms with van der Waals surface area (Å²) < 4.78 is 5.87. The summed E-state index contributed by atoms with van der Waals surface area (Å²) in [6, 6.07) is 7.69. The van der Waals surface area contributed by atoms with Gasteiger partial charge in [-0.2, -0.15) is 0 Å². The molecule has 0 bridgehead atoms. The lowest BCUT2D eigenvalue weighted by Crippen LogP contribution is -2.17. The zero-order chi connectivity index (χ0) is 14.4. The number of nitrogens with zero attached hydrogens (tertiary/aromatic N) is 4. The first-order valence-electron chi connectivity index (χ1n) is 6.81. The normalized spacial score (nSPS) is 17.2. The van der Waals surface area contributed by atoms with Gasteiger partial charge in [-0.1, -0.05) is 5.21 Å². The Balaban J connectivity index is 1.70. The fraction of sp³-hybridized carbons (Fsp3) is 0.286. The first kappa shape index (κ1) is 12.1. The SMILES string of the molecule is O=C1OC(=O)c2c1nnn2-c1ccc(N2CCCC2)cc1. The van der Waals surface area contributed by atoms with Gasteiger partial charge in [0.2, 0.25) is 5.69 Å². The van der Waals surface area contributed by atoms with Crippen molar-refractivity contribution in [2.75, 3.05) is 18.0 Å². The number of rotatable bonds is 2. The van der Waals surface area contributed by atoms with Crippen LogP contribution in [0.1, 0.15) is 33.8 Å². The average molecular weight is 284 g/mol. The summed E-state index contributed by atoms with van der Waals surface area (Å²) in [5.74, 6) is -1.45. The van der Waals surface area contributed by atoms with E-state index in [1.807, 2.05) is 24.3 Å². The van der Waals surface area contributed by atoms with Crippen LogP contribution in [-0.4, -0.2) is 40.0 Å². The number of aromatic nitrogens is 3. The number of benzene rings is 1. The predicted octanol–water partition coefficient (Wildman–Crippen LogP) is 1.18. The molecule has 1 fully saturated rings. The number of hydrogen-bond donors (Lipinski definition) is 0. The lowest BCUT2D eigenvalue weighted by Gasteiger charge is -2.17. The Bertz CT molecular complexity index is 729.